The molecule has 1 atom stereocenters. The van der Waals surface area contributed by atoms with Gasteiger partial charge in [0, 0.05) is 10.8 Å². The average Bonchev–Trinajstić information content (AvgIpc) is 2.48. The molecule has 7 nitrogen and oxygen atoms in total. The zero-order valence-corrected chi connectivity index (χ0v) is 17.2. The lowest BCUT2D eigenvalue weighted by Gasteiger charge is -2.34. The Morgan fingerprint density at radius 3 is 2.23 bits per heavy atom. The second-order valence-electron chi connectivity index (χ2n) is 8.54. The number of hydrogen-bond donors (Lipinski definition) is 3. The largest absolute Gasteiger partial charge is 0.464 e. The maximum absolute atomic E-state index is 12.0. The van der Waals surface area contributed by atoms with Crippen LogP contribution in [-0.2, 0) is 19.1 Å². The molecule has 0 rings (SSSR count). The number of carbonyl (C=O) groups excluding carboxylic acids is 2. The summed E-state index contributed by atoms with van der Waals surface area (Å²) >= 11 is 0. The van der Waals surface area contributed by atoms with E-state index < -0.39 is 34.6 Å². The van der Waals surface area contributed by atoms with Crippen molar-refractivity contribution < 1.29 is 24.2 Å². The molecule has 0 radical (unpaired) electrons. The normalized spacial score (nSPS) is 14.3. The summed E-state index contributed by atoms with van der Waals surface area (Å²) in [6.45, 7) is 13.0. The molecule has 0 aliphatic carbocycles. The van der Waals surface area contributed by atoms with Crippen molar-refractivity contribution in [2.24, 2.45) is 16.6 Å². The van der Waals surface area contributed by atoms with Gasteiger partial charge in [0.25, 0.3) is 0 Å². The molecule has 0 spiro atoms. The molecule has 7 heteroatoms. The van der Waals surface area contributed by atoms with Gasteiger partial charge in [-0.1, -0.05) is 39.8 Å². The van der Waals surface area contributed by atoms with Crippen molar-refractivity contribution in [1.82, 2.24) is 5.32 Å². The van der Waals surface area contributed by atoms with E-state index in [4.69, 9.17) is 15.2 Å². The number of carbonyl (C=O) groups is 2. The molecule has 0 saturated heterocycles. The van der Waals surface area contributed by atoms with Crippen molar-refractivity contribution >= 4 is 11.9 Å². The number of nitrogens with two attached hydrogens (primary N) is 1. The summed E-state index contributed by atoms with van der Waals surface area (Å²) in [6, 6.07) is 0. The van der Waals surface area contributed by atoms with Gasteiger partial charge in [0.1, 0.15) is 11.8 Å². The maximum Gasteiger partial charge on any atom is 0.320 e. The molecule has 0 heterocycles. The predicted octanol–water partition coefficient (Wildman–Crippen LogP) is 1.74. The van der Waals surface area contributed by atoms with Crippen molar-refractivity contribution in [1.29, 1.82) is 0 Å². The molecule has 152 valence electrons. The minimum absolute atomic E-state index is 0.0935. The lowest BCUT2D eigenvalue weighted by molar-refractivity contribution is -0.160. The van der Waals surface area contributed by atoms with Crippen molar-refractivity contribution in [3.63, 3.8) is 0 Å². The van der Waals surface area contributed by atoms with Crippen LogP contribution >= 0.6 is 0 Å². The highest BCUT2D eigenvalue weighted by atomic mass is 16.6. The van der Waals surface area contributed by atoms with Gasteiger partial charge in [-0.25, -0.2) is 0 Å². The second kappa shape index (κ2) is 10.0. The first-order chi connectivity index (χ1) is 11.7. The third-order valence-corrected chi connectivity index (χ3v) is 3.83. The molecule has 1 unspecified atom stereocenters. The monoisotopic (exact) mass is 372 g/mol. The molecular formula is C19H36N2O5. The topological polar surface area (TPSA) is 111 Å². The molecule has 0 aromatic carbocycles. The Hall–Kier alpha value is -1.44. The number of esters is 2. The number of allylic oxidation sites excluding steroid dienone is 1. The summed E-state index contributed by atoms with van der Waals surface area (Å²) < 4.78 is 10.6. The van der Waals surface area contributed by atoms with E-state index in [2.05, 4.69) is 5.32 Å². The Kier molecular flexibility index (Phi) is 9.48. The molecular weight excluding hydrogens is 336 g/mol. The van der Waals surface area contributed by atoms with E-state index in [0.717, 1.165) is 0 Å². The first-order valence-corrected chi connectivity index (χ1v) is 8.87. The standard InChI is InChI=1S/C19H36N2O5/c1-8-9-18(4,5)16(24)21-11-15(23)25-13-17(2,3)12-19(6,7)26-14(22)10-20/h8-9,16,21,24H,10-13,20H2,1-7H3. The quantitative estimate of drug-likeness (QED) is 0.288. The van der Waals surface area contributed by atoms with E-state index in [9.17, 15) is 14.7 Å². The van der Waals surface area contributed by atoms with Crippen LogP contribution in [0.3, 0.4) is 0 Å². The van der Waals surface area contributed by atoms with E-state index in [1.54, 1.807) is 13.8 Å². The highest BCUT2D eigenvalue weighted by Crippen LogP contribution is 2.30. The number of aliphatic hydroxyl groups excluding tert-OH is 1. The smallest absolute Gasteiger partial charge is 0.320 e. The SMILES string of the molecule is CC=CC(C)(C)C(O)NCC(=O)OCC(C)(C)CC(C)(C)OC(=O)CN. The van der Waals surface area contributed by atoms with Gasteiger partial charge in [0.15, 0.2) is 0 Å². The van der Waals surface area contributed by atoms with Gasteiger partial charge in [-0.2, -0.15) is 0 Å². The molecule has 0 fully saturated rings. The van der Waals surface area contributed by atoms with Crippen LogP contribution in [0.4, 0.5) is 0 Å². The average molecular weight is 373 g/mol. The fourth-order valence-corrected chi connectivity index (χ4v) is 2.88. The molecule has 0 aromatic rings. The Labute approximate surface area is 157 Å². The van der Waals surface area contributed by atoms with E-state index >= 15 is 0 Å². The minimum atomic E-state index is -0.867. The number of hydrogen-bond acceptors (Lipinski definition) is 7. The zero-order valence-electron chi connectivity index (χ0n) is 17.2. The highest BCUT2D eigenvalue weighted by molar-refractivity contribution is 5.72. The van der Waals surface area contributed by atoms with Crippen LogP contribution in [0.2, 0.25) is 0 Å². The second-order valence-corrected chi connectivity index (χ2v) is 8.54. The highest BCUT2D eigenvalue weighted by Gasteiger charge is 2.33. The van der Waals surface area contributed by atoms with E-state index in [-0.39, 0.29) is 19.7 Å². The van der Waals surface area contributed by atoms with Gasteiger partial charge in [0.05, 0.1) is 19.7 Å². The molecule has 0 aliphatic heterocycles. The lowest BCUT2D eigenvalue weighted by atomic mass is 9.82. The van der Waals surface area contributed by atoms with Gasteiger partial charge in [0.2, 0.25) is 0 Å². The molecule has 0 aliphatic rings. The van der Waals surface area contributed by atoms with Crippen LogP contribution in [0.25, 0.3) is 0 Å². The van der Waals surface area contributed by atoms with Crippen LogP contribution in [0.5, 0.6) is 0 Å². The Morgan fingerprint density at radius 1 is 1.15 bits per heavy atom. The lowest BCUT2D eigenvalue weighted by Crippen LogP contribution is -2.44. The van der Waals surface area contributed by atoms with Gasteiger partial charge >= 0.3 is 11.9 Å². The summed E-state index contributed by atoms with van der Waals surface area (Å²) in [4.78, 5) is 23.3. The van der Waals surface area contributed by atoms with Crippen LogP contribution in [0.1, 0.15) is 54.9 Å². The summed E-state index contributed by atoms with van der Waals surface area (Å²) in [5, 5.41) is 12.9. The van der Waals surface area contributed by atoms with Gasteiger partial charge in [-0.15, -0.1) is 0 Å². The summed E-state index contributed by atoms with van der Waals surface area (Å²) in [6.07, 6.45) is 3.35. The van der Waals surface area contributed by atoms with Crippen LogP contribution in [0, 0.1) is 10.8 Å². The summed E-state index contributed by atoms with van der Waals surface area (Å²) in [5.74, 6) is -0.921. The van der Waals surface area contributed by atoms with Crippen molar-refractivity contribution in [3.8, 4) is 0 Å². The number of aliphatic hydroxyl groups is 1. The molecule has 0 saturated carbocycles. The Bertz CT molecular complexity index is 498. The van der Waals surface area contributed by atoms with E-state index in [1.165, 1.54) is 0 Å². The van der Waals surface area contributed by atoms with Gasteiger partial charge in [-0.3, -0.25) is 14.9 Å². The molecule has 0 bridgehead atoms. The maximum atomic E-state index is 12.0. The molecule has 26 heavy (non-hydrogen) atoms. The zero-order chi connectivity index (χ0) is 20.6. The van der Waals surface area contributed by atoms with Crippen LogP contribution in [0.15, 0.2) is 12.2 Å². The third kappa shape index (κ3) is 9.89. The first kappa shape index (κ1) is 24.6. The fraction of sp³-hybridized carbons (Fsp3) is 0.789. The van der Waals surface area contributed by atoms with Crippen molar-refractivity contribution in [3.05, 3.63) is 12.2 Å². The van der Waals surface area contributed by atoms with Gasteiger partial charge < -0.3 is 20.3 Å². The minimum Gasteiger partial charge on any atom is -0.464 e. The summed E-state index contributed by atoms with van der Waals surface area (Å²) in [5.41, 5.74) is 3.68. The number of nitrogens with one attached hydrogen (secondary N) is 1. The first-order valence-electron chi connectivity index (χ1n) is 8.87. The van der Waals surface area contributed by atoms with Crippen molar-refractivity contribution in [2.75, 3.05) is 19.7 Å². The molecule has 0 amide bonds. The molecule has 0 aromatic heterocycles. The Morgan fingerprint density at radius 2 is 1.73 bits per heavy atom. The summed E-state index contributed by atoms with van der Waals surface area (Å²) in [7, 11) is 0. The fourth-order valence-electron chi connectivity index (χ4n) is 2.88. The van der Waals surface area contributed by atoms with E-state index in [0.29, 0.717) is 6.42 Å². The van der Waals surface area contributed by atoms with Gasteiger partial charge in [-0.05, 0) is 27.2 Å². The van der Waals surface area contributed by atoms with Crippen LogP contribution in [-0.4, -0.2) is 48.6 Å². The predicted molar refractivity (Wildman–Crippen MR) is 101 cm³/mol. The third-order valence-electron chi connectivity index (χ3n) is 3.83. The number of rotatable bonds is 11. The van der Waals surface area contributed by atoms with E-state index in [1.807, 2.05) is 46.8 Å². The van der Waals surface area contributed by atoms with Crippen LogP contribution < -0.4 is 11.1 Å². The Balaban J connectivity index is 4.45. The van der Waals surface area contributed by atoms with Crippen molar-refractivity contribution in [2.45, 2.75) is 66.7 Å². The number of ether oxygens (including phenoxy) is 2. The molecule has 4 N–H and O–H groups in total.